The van der Waals surface area contributed by atoms with E-state index in [0.717, 1.165) is 12.1 Å². The van der Waals surface area contributed by atoms with Crippen molar-refractivity contribution in [2.75, 3.05) is 23.9 Å². The molecule has 1 aliphatic heterocycles. The number of hydrogen-bond acceptors (Lipinski definition) is 8. The molecule has 1 fully saturated rings. The van der Waals surface area contributed by atoms with Crippen molar-refractivity contribution >= 4 is 58.5 Å². The Morgan fingerprint density at radius 3 is 2.38 bits per heavy atom. The first-order chi connectivity index (χ1) is 18.7. The summed E-state index contributed by atoms with van der Waals surface area (Å²) in [6, 6.07) is 14.8. The second-order valence-electron chi connectivity index (χ2n) is 7.99. The van der Waals surface area contributed by atoms with Crippen molar-refractivity contribution in [2.24, 2.45) is 0 Å². The molecule has 1 saturated heterocycles. The van der Waals surface area contributed by atoms with Gasteiger partial charge in [-0.1, -0.05) is 17.7 Å². The summed E-state index contributed by atoms with van der Waals surface area (Å²) in [4.78, 5) is 60.9. The van der Waals surface area contributed by atoms with E-state index in [0.29, 0.717) is 21.9 Å². The number of benzene rings is 3. The number of urea groups is 1. The van der Waals surface area contributed by atoms with Crippen LogP contribution in [0.25, 0.3) is 6.08 Å². The Labute approximate surface area is 225 Å². The zero-order valence-corrected chi connectivity index (χ0v) is 20.9. The molecule has 3 aromatic rings. The van der Waals surface area contributed by atoms with Gasteiger partial charge in [-0.05, 0) is 60.2 Å². The fourth-order valence-corrected chi connectivity index (χ4v) is 3.76. The smallest absolute Gasteiger partial charge is 0.335 e. The summed E-state index contributed by atoms with van der Waals surface area (Å²) in [5, 5.41) is 15.7. The number of methoxy groups -OCH3 is 1. The number of rotatable bonds is 8. The SMILES string of the molecule is COc1ccc(NC(=O)COc2ccc(/C=C3/C(=O)NC(=O)N(c4ccc([N+](=O)[O-])cc4)C3=O)cc2Cl)cc1. The largest absolute Gasteiger partial charge is 0.497 e. The van der Waals surface area contributed by atoms with Crippen molar-refractivity contribution in [1.82, 2.24) is 5.32 Å². The lowest BCUT2D eigenvalue weighted by atomic mass is 10.1. The number of barbiturate groups is 1. The number of amides is 5. The summed E-state index contributed by atoms with van der Waals surface area (Å²) in [6.45, 7) is -0.334. The molecule has 1 aliphatic rings. The Hall–Kier alpha value is -5.23. The lowest BCUT2D eigenvalue weighted by Gasteiger charge is -2.26. The number of carbonyl (C=O) groups is 4. The van der Waals surface area contributed by atoms with E-state index in [9.17, 15) is 29.3 Å². The van der Waals surface area contributed by atoms with Crippen LogP contribution < -0.4 is 25.0 Å². The average Bonchev–Trinajstić information content (AvgIpc) is 2.91. The van der Waals surface area contributed by atoms with E-state index in [1.807, 2.05) is 0 Å². The van der Waals surface area contributed by atoms with Crippen LogP contribution in [0.4, 0.5) is 21.9 Å². The molecule has 1 heterocycles. The number of nitrogens with one attached hydrogen (secondary N) is 2. The van der Waals surface area contributed by atoms with E-state index in [2.05, 4.69) is 10.6 Å². The van der Waals surface area contributed by atoms with Crippen LogP contribution in [0.5, 0.6) is 11.5 Å². The zero-order chi connectivity index (χ0) is 28.1. The number of anilines is 2. The van der Waals surface area contributed by atoms with Gasteiger partial charge in [-0.15, -0.1) is 0 Å². The Morgan fingerprint density at radius 2 is 1.77 bits per heavy atom. The molecule has 12 nitrogen and oxygen atoms in total. The summed E-state index contributed by atoms with van der Waals surface area (Å²) >= 11 is 6.28. The van der Waals surface area contributed by atoms with Crippen LogP contribution in [0, 0.1) is 10.1 Å². The Kier molecular flexibility index (Phi) is 7.87. The summed E-state index contributed by atoms with van der Waals surface area (Å²) in [5.41, 5.74) is 0.332. The molecule has 3 aromatic carbocycles. The second kappa shape index (κ2) is 11.4. The van der Waals surface area contributed by atoms with Crippen molar-refractivity contribution in [3.05, 3.63) is 93.0 Å². The molecule has 198 valence electrons. The summed E-state index contributed by atoms with van der Waals surface area (Å²) in [5.74, 6) is -1.45. The lowest BCUT2D eigenvalue weighted by Crippen LogP contribution is -2.54. The Bertz CT molecular complexity index is 1500. The minimum atomic E-state index is -0.995. The second-order valence-corrected chi connectivity index (χ2v) is 8.39. The minimum Gasteiger partial charge on any atom is -0.497 e. The first-order valence-electron chi connectivity index (χ1n) is 11.2. The van der Waals surface area contributed by atoms with Crippen LogP contribution in [0.1, 0.15) is 5.56 Å². The van der Waals surface area contributed by atoms with Gasteiger partial charge in [0.25, 0.3) is 23.4 Å². The van der Waals surface area contributed by atoms with Gasteiger partial charge in [-0.2, -0.15) is 0 Å². The molecule has 5 amide bonds. The fraction of sp³-hybridized carbons (Fsp3) is 0.0769. The van der Waals surface area contributed by atoms with Crippen LogP contribution in [-0.4, -0.2) is 42.4 Å². The number of hydrogen-bond donors (Lipinski definition) is 2. The molecule has 0 radical (unpaired) electrons. The molecule has 0 unspecified atom stereocenters. The summed E-state index contributed by atoms with van der Waals surface area (Å²) < 4.78 is 10.6. The average molecular weight is 551 g/mol. The lowest BCUT2D eigenvalue weighted by molar-refractivity contribution is -0.384. The van der Waals surface area contributed by atoms with E-state index in [1.165, 1.54) is 43.5 Å². The van der Waals surface area contributed by atoms with Gasteiger partial charge in [0.2, 0.25) is 0 Å². The summed E-state index contributed by atoms with van der Waals surface area (Å²) in [7, 11) is 1.53. The number of nitrogens with zero attached hydrogens (tertiary/aromatic N) is 2. The van der Waals surface area contributed by atoms with Gasteiger partial charge < -0.3 is 14.8 Å². The molecule has 0 aliphatic carbocycles. The third-order valence-corrected chi connectivity index (χ3v) is 5.72. The maximum atomic E-state index is 13.0. The molecule has 2 N–H and O–H groups in total. The van der Waals surface area contributed by atoms with E-state index >= 15 is 0 Å². The third-order valence-electron chi connectivity index (χ3n) is 5.42. The van der Waals surface area contributed by atoms with Gasteiger partial charge in [0.05, 0.1) is 22.7 Å². The molecule has 0 spiro atoms. The normalized spacial score (nSPS) is 14.2. The molecule has 0 saturated carbocycles. The van der Waals surface area contributed by atoms with Gasteiger partial charge in [0.1, 0.15) is 17.1 Å². The van der Waals surface area contributed by atoms with Gasteiger partial charge in [0.15, 0.2) is 6.61 Å². The maximum absolute atomic E-state index is 13.0. The predicted molar refractivity (Wildman–Crippen MR) is 141 cm³/mol. The summed E-state index contributed by atoms with van der Waals surface area (Å²) in [6.07, 6.45) is 1.23. The number of ether oxygens (including phenoxy) is 2. The number of carbonyl (C=O) groups excluding carboxylic acids is 4. The molecule has 0 bridgehead atoms. The highest BCUT2D eigenvalue weighted by molar-refractivity contribution is 6.39. The van der Waals surface area contributed by atoms with Crippen molar-refractivity contribution in [2.45, 2.75) is 0 Å². The number of nitro benzene ring substituents is 1. The topological polar surface area (TPSA) is 157 Å². The van der Waals surface area contributed by atoms with Gasteiger partial charge in [-0.25, -0.2) is 9.69 Å². The van der Waals surface area contributed by atoms with Crippen LogP contribution in [0.3, 0.4) is 0 Å². The van der Waals surface area contributed by atoms with Gasteiger partial charge >= 0.3 is 6.03 Å². The van der Waals surface area contributed by atoms with E-state index in [1.54, 1.807) is 24.3 Å². The fourth-order valence-electron chi connectivity index (χ4n) is 3.52. The molecular formula is C26H19ClN4O8. The first kappa shape index (κ1) is 26.8. The van der Waals surface area contributed by atoms with Crippen LogP contribution >= 0.6 is 11.6 Å². The highest BCUT2D eigenvalue weighted by atomic mass is 35.5. The monoisotopic (exact) mass is 550 g/mol. The van der Waals surface area contributed by atoms with Gasteiger partial charge in [0, 0.05) is 17.8 Å². The molecule has 13 heteroatoms. The number of nitro groups is 1. The Morgan fingerprint density at radius 1 is 1.08 bits per heavy atom. The predicted octanol–water partition coefficient (Wildman–Crippen LogP) is 3.94. The number of halogens is 1. The van der Waals surface area contributed by atoms with E-state index in [-0.39, 0.29) is 34.3 Å². The minimum absolute atomic E-state index is 0.0381. The Balaban J connectivity index is 1.46. The standard InChI is InChI=1S/C26H19ClN4O8/c1-38-19-9-3-16(4-10-19)28-23(32)14-39-22-11-2-15(13-21(22)27)12-20-24(33)29-26(35)30(25(20)34)17-5-7-18(8-6-17)31(36)37/h2-13H,14H2,1H3,(H,28,32)(H,29,33,35)/b20-12-. The first-order valence-corrected chi connectivity index (χ1v) is 11.6. The molecule has 0 atom stereocenters. The zero-order valence-electron chi connectivity index (χ0n) is 20.2. The van der Waals surface area contributed by atoms with Crippen LogP contribution in [-0.2, 0) is 14.4 Å². The number of non-ortho nitro benzene ring substituents is 1. The van der Waals surface area contributed by atoms with Crippen molar-refractivity contribution < 1.29 is 33.6 Å². The van der Waals surface area contributed by atoms with Crippen molar-refractivity contribution in [1.29, 1.82) is 0 Å². The molecule has 4 rings (SSSR count). The molecule has 39 heavy (non-hydrogen) atoms. The van der Waals surface area contributed by atoms with Crippen molar-refractivity contribution in [3.63, 3.8) is 0 Å². The molecule has 0 aromatic heterocycles. The van der Waals surface area contributed by atoms with E-state index < -0.39 is 28.7 Å². The highest BCUT2D eigenvalue weighted by Crippen LogP contribution is 2.28. The van der Waals surface area contributed by atoms with Crippen LogP contribution in [0.15, 0.2) is 72.3 Å². The highest BCUT2D eigenvalue weighted by Gasteiger charge is 2.37. The quantitative estimate of drug-likeness (QED) is 0.185. The third kappa shape index (κ3) is 6.19. The maximum Gasteiger partial charge on any atom is 0.335 e. The van der Waals surface area contributed by atoms with Gasteiger partial charge in [-0.3, -0.25) is 29.8 Å². The molecular weight excluding hydrogens is 532 g/mol. The van der Waals surface area contributed by atoms with Crippen molar-refractivity contribution in [3.8, 4) is 11.5 Å². The van der Waals surface area contributed by atoms with Crippen LogP contribution in [0.2, 0.25) is 5.02 Å². The number of imide groups is 2. The van der Waals surface area contributed by atoms with E-state index in [4.69, 9.17) is 21.1 Å².